The minimum atomic E-state index is 0. The first-order valence-electron chi connectivity index (χ1n) is 18.8. The zero-order valence-electron chi connectivity index (χ0n) is 30.8. The second-order valence-electron chi connectivity index (χ2n) is 13.9. The van der Waals surface area contributed by atoms with E-state index in [9.17, 15) is 0 Å². The predicted octanol–water partition coefficient (Wildman–Crippen LogP) is 12.5. The predicted molar refractivity (Wildman–Crippen MR) is 229 cm³/mol. The van der Waals surface area contributed by atoms with E-state index in [0.717, 1.165) is 83.1 Å². The van der Waals surface area contributed by atoms with Crippen molar-refractivity contribution < 1.29 is 24.5 Å². The smallest absolute Gasteiger partial charge is 0.240 e. The van der Waals surface area contributed by atoms with Gasteiger partial charge in [-0.05, 0) is 65.9 Å². The molecule has 0 saturated carbocycles. The number of anilines is 3. The van der Waals surface area contributed by atoms with Gasteiger partial charge in [0.25, 0.3) is 0 Å². The van der Waals surface area contributed by atoms with E-state index in [-0.39, 0.29) is 20.1 Å². The van der Waals surface area contributed by atoms with E-state index in [4.69, 9.17) is 19.4 Å². The third kappa shape index (κ3) is 6.12. The summed E-state index contributed by atoms with van der Waals surface area (Å²) < 4.78 is 8.63. The van der Waals surface area contributed by atoms with Gasteiger partial charge in [0.15, 0.2) is 5.82 Å². The van der Waals surface area contributed by atoms with E-state index in [1.54, 1.807) is 0 Å². The molecule has 0 aliphatic carbocycles. The Labute approximate surface area is 347 Å². The van der Waals surface area contributed by atoms with Crippen molar-refractivity contribution >= 4 is 61.1 Å². The van der Waals surface area contributed by atoms with Crippen LogP contribution < -0.4 is 4.90 Å². The van der Waals surface area contributed by atoms with Crippen molar-refractivity contribution in [2.24, 2.45) is 0 Å². The van der Waals surface area contributed by atoms with Crippen LogP contribution in [0.4, 0.5) is 17.3 Å². The van der Waals surface area contributed by atoms with Crippen molar-refractivity contribution in [2.45, 2.75) is 0 Å². The van der Waals surface area contributed by atoms with Gasteiger partial charge in [-0.3, -0.25) is 9.47 Å². The number of rotatable bonds is 7. The van der Waals surface area contributed by atoms with Crippen LogP contribution in [0.3, 0.4) is 0 Å². The summed E-state index contributed by atoms with van der Waals surface area (Å²) in [4.78, 5) is 22.4. The molecule has 11 aromatic rings. The van der Waals surface area contributed by atoms with Crippen LogP contribution in [0.25, 0.3) is 83.5 Å². The van der Waals surface area contributed by atoms with Gasteiger partial charge in [-0.1, -0.05) is 103 Å². The molecular formula is C50H31IrN6O-. The molecule has 1 radical (unpaired) electrons. The molecule has 58 heavy (non-hydrogen) atoms. The molecule has 0 atom stereocenters. The van der Waals surface area contributed by atoms with Gasteiger partial charge in [-0.2, -0.15) is 15.0 Å². The molecule has 7 aromatic carbocycles. The summed E-state index contributed by atoms with van der Waals surface area (Å²) in [5, 5.41) is 4.24. The van der Waals surface area contributed by atoms with Gasteiger partial charge in [0.05, 0.1) is 11.0 Å². The molecule has 0 spiro atoms. The quantitative estimate of drug-likeness (QED) is 0.148. The summed E-state index contributed by atoms with van der Waals surface area (Å²) in [7, 11) is 0. The van der Waals surface area contributed by atoms with E-state index in [1.165, 1.54) is 0 Å². The van der Waals surface area contributed by atoms with E-state index in [0.29, 0.717) is 17.7 Å². The van der Waals surface area contributed by atoms with Gasteiger partial charge in [0, 0.05) is 70.9 Å². The SMILES string of the molecule is [Ir].[c-]1ccc(-c2ccc3c(c2)c2cc4c(cc2n3-c2nc(-c3ccccc3)nc(N(c3ccccc3)c3ccccc3)n2)oc2ccccc24)cc1-c1ccccn1. The van der Waals surface area contributed by atoms with Gasteiger partial charge in [-0.25, -0.2) is 0 Å². The number of pyridine rings is 1. The van der Waals surface area contributed by atoms with Crippen LogP contribution in [0, 0.1) is 6.07 Å². The Bertz CT molecular complexity index is 3200. The molecule has 0 aliphatic heterocycles. The maximum absolute atomic E-state index is 6.48. The van der Waals surface area contributed by atoms with Gasteiger partial charge in [0.2, 0.25) is 11.9 Å². The van der Waals surface area contributed by atoms with Crippen LogP contribution in [0.1, 0.15) is 0 Å². The summed E-state index contributed by atoms with van der Waals surface area (Å²) in [5.74, 6) is 1.55. The topological polar surface area (TPSA) is 72.9 Å². The number of nitrogens with zero attached hydrogens (tertiary/aromatic N) is 6. The molecular weight excluding hydrogens is 893 g/mol. The van der Waals surface area contributed by atoms with Crippen LogP contribution in [-0.2, 0) is 20.1 Å². The summed E-state index contributed by atoms with van der Waals surface area (Å²) in [6.45, 7) is 0. The maximum Gasteiger partial charge on any atom is 0.240 e. The largest absolute Gasteiger partial charge is 0.456 e. The zero-order chi connectivity index (χ0) is 37.7. The molecule has 0 aliphatic rings. The third-order valence-corrected chi connectivity index (χ3v) is 10.4. The monoisotopic (exact) mass is 924 g/mol. The Balaban J connectivity index is 0.00000408. The molecule has 11 rings (SSSR count). The molecule has 8 heteroatoms. The van der Waals surface area contributed by atoms with E-state index < -0.39 is 0 Å². The summed E-state index contributed by atoms with van der Waals surface area (Å²) >= 11 is 0. The molecule has 0 saturated heterocycles. The summed E-state index contributed by atoms with van der Waals surface area (Å²) in [6.07, 6.45) is 1.81. The number of hydrogen-bond donors (Lipinski definition) is 0. The number of hydrogen-bond acceptors (Lipinski definition) is 6. The summed E-state index contributed by atoms with van der Waals surface area (Å²) in [6, 6.07) is 65.2. The average Bonchev–Trinajstić information content (AvgIpc) is 3.81. The van der Waals surface area contributed by atoms with Gasteiger partial charge < -0.3 is 9.40 Å². The molecule has 0 fully saturated rings. The van der Waals surface area contributed by atoms with Crippen LogP contribution in [-0.4, -0.2) is 24.5 Å². The number of para-hydroxylation sites is 3. The molecule has 7 nitrogen and oxygen atoms in total. The van der Waals surface area contributed by atoms with E-state index in [2.05, 4.69) is 99.4 Å². The second-order valence-corrected chi connectivity index (χ2v) is 13.9. The molecule has 0 unspecified atom stereocenters. The van der Waals surface area contributed by atoms with Crippen LogP contribution >= 0.6 is 0 Å². The number of aromatic nitrogens is 5. The minimum absolute atomic E-state index is 0. The molecule has 277 valence electrons. The third-order valence-electron chi connectivity index (χ3n) is 10.4. The Morgan fingerprint density at radius 2 is 1.19 bits per heavy atom. The first-order chi connectivity index (χ1) is 28.2. The van der Waals surface area contributed by atoms with Crippen molar-refractivity contribution in [1.29, 1.82) is 0 Å². The van der Waals surface area contributed by atoms with Gasteiger partial charge >= 0.3 is 0 Å². The Morgan fingerprint density at radius 1 is 0.500 bits per heavy atom. The number of benzene rings is 7. The van der Waals surface area contributed by atoms with E-state index >= 15 is 0 Å². The molecule has 0 bridgehead atoms. The van der Waals surface area contributed by atoms with E-state index in [1.807, 2.05) is 109 Å². The first-order valence-corrected chi connectivity index (χ1v) is 18.8. The normalized spacial score (nSPS) is 11.3. The van der Waals surface area contributed by atoms with Crippen LogP contribution in [0.15, 0.2) is 193 Å². The van der Waals surface area contributed by atoms with Crippen LogP contribution in [0.5, 0.6) is 0 Å². The number of fused-ring (bicyclic) bond motifs is 6. The van der Waals surface area contributed by atoms with Crippen molar-refractivity contribution in [3.63, 3.8) is 0 Å². The van der Waals surface area contributed by atoms with Crippen molar-refractivity contribution in [3.05, 3.63) is 194 Å². The molecule has 4 heterocycles. The molecule has 4 aromatic heterocycles. The fourth-order valence-electron chi connectivity index (χ4n) is 7.75. The van der Waals surface area contributed by atoms with Gasteiger partial charge in [0.1, 0.15) is 11.2 Å². The van der Waals surface area contributed by atoms with Crippen molar-refractivity contribution in [1.82, 2.24) is 24.5 Å². The Kier molecular flexibility index (Phi) is 8.90. The summed E-state index contributed by atoms with van der Waals surface area (Å²) in [5.41, 5.74) is 10.2. The van der Waals surface area contributed by atoms with Crippen LogP contribution in [0.2, 0.25) is 0 Å². The second kappa shape index (κ2) is 14.7. The Hall–Kier alpha value is -7.25. The fraction of sp³-hybridized carbons (Fsp3) is 0. The fourth-order valence-corrected chi connectivity index (χ4v) is 7.75. The molecule has 0 amide bonds. The standard InChI is InChI=1S/C50H31N6O.Ir/c1-4-15-33(16-5-1)48-52-49(55(37-19-6-2-7-20-37)38-21-8-3-9-22-38)54-50(53-48)56-44-27-26-35(34-17-14-18-36(29-34)43-24-12-13-28-51-43)30-40(44)41-31-42-39-23-10-11-25-46(39)57-47(42)32-45(41)56;/h1-17,19-32H;/q-1;. The van der Waals surface area contributed by atoms with Crippen molar-refractivity contribution in [3.8, 4) is 39.7 Å². The van der Waals surface area contributed by atoms with Gasteiger partial charge in [-0.15, -0.1) is 35.4 Å². The number of furan rings is 1. The molecule has 0 N–H and O–H groups in total. The Morgan fingerprint density at radius 3 is 1.95 bits per heavy atom. The maximum atomic E-state index is 6.48. The first kappa shape index (κ1) is 35.2. The average molecular weight is 924 g/mol. The van der Waals surface area contributed by atoms with Crippen molar-refractivity contribution in [2.75, 3.05) is 4.90 Å². The minimum Gasteiger partial charge on any atom is -0.456 e. The zero-order valence-corrected chi connectivity index (χ0v) is 33.2.